The van der Waals surface area contributed by atoms with Gasteiger partial charge in [-0.05, 0) is 25.7 Å². The normalized spacial score (nSPS) is 24.6. The number of fused-ring (bicyclic) bond motifs is 1. The van der Waals surface area contributed by atoms with Gasteiger partial charge in [-0.15, -0.1) is 0 Å². The van der Waals surface area contributed by atoms with E-state index in [9.17, 15) is 4.79 Å². The summed E-state index contributed by atoms with van der Waals surface area (Å²) < 4.78 is 17.5. The molecule has 3 aliphatic heterocycles. The van der Waals surface area contributed by atoms with E-state index >= 15 is 0 Å². The van der Waals surface area contributed by atoms with Crippen LogP contribution in [-0.4, -0.2) is 66.5 Å². The average molecular weight is 426 g/mol. The minimum absolute atomic E-state index is 0.341. The van der Waals surface area contributed by atoms with Crippen LogP contribution in [0.3, 0.4) is 0 Å². The van der Waals surface area contributed by atoms with E-state index < -0.39 is 12.3 Å². The van der Waals surface area contributed by atoms with Gasteiger partial charge in [-0.25, -0.2) is 4.98 Å². The molecule has 10 nitrogen and oxygen atoms in total. The number of ether oxygens (including phenoxy) is 2. The molecule has 0 radical (unpaired) electrons. The second-order valence-corrected chi connectivity index (χ2v) is 8.53. The zero-order chi connectivity index (χ0) is 20.9. The molecule has 1 amide bonds. The van der Waals surface area contributed by atoms with Gasteiger partial charge in [0.2, 0.25) is 12.0 Å². The van der Waals surface area contributed by atoms with Crippen LogP contribution in [0.1, 0.15) is 37.3 Å². The average Bonchev–Trinajstić information content (AvgIpc) is 3.19. The molecule has 2 aromatic heterocycles. The Morgan fingerprint density at radius 1 is 1.10 bits per heavy atom. The zero-order valence-electron chi connectivity index (χ0n) is 17.3. The highest BCUT2D eigenvalue weighted by Gasteiger charge is 2.41. The summed E-state index contributed by atoms with van der Waals surface area (Å²) in [7, 11) is 0. The SMILES string of the molecule is NC(=O)C1=CO[C@@H](N2CCCC2)N1c1cc2oc(N3CCOCC3)nc2nc1C1CC1. The molecule has 0 spiro atoms. The molecule has 3 fully saturated rings. The number of hydrogen-bond acceptors (Lipinski definition) is 9. The quantitative estimate of drug-likeness (QED) is 0.760. The van der Waals surface area contributed by atoms with Crippen molar-refractivity contribution in [2.24, 2.45) is 5.73 Å². The van der Waals surface area contributed by atoms with Crippen LogP contribution in [0.25, 0.3) is 11.2 Å². The summed E-state index contributed by atoms with van der Waals surface area (Å²) in [5.41, 5.74) is 8.99. The Kier molecular flexibility index (Phi) is 4.50. The maximum atomic E-state index is 12.3. The zero-order valence-corrected chi connectivity index (χ0v) is 17.3. The Morgan fingerprint density at radius 3 is 2.58 bits per heavy atom. The lowest BCUT2D eigenvalue weighted by Gasteiger charge is -2.33. The first-order valence-electron chi connectivity index (χ1n) is 11.0. The standard InChI is InChI=1S/C21H26N6O4/c22-18(28)15-12-30-21(26-5-1-2-6-26)27(15)14-11-16-19(23-17(14)13-3-4-13)24-20(31-16)25-7-9-29-10-8-25/h11-13,21H,1-10H2,(H2,22,28)/t21-/m0/s1. The first-order valence-corrected chi connectivity index (χ1v) is 11.0. The number of pyridine rings is 1. The smallest absolute Gasteiger partial charge is 0.300 e. The van der Waals surface area contributed by atoms with E-state index in [0.29, 0.717) is 42.1 Å². The summed E-state index contributed by atoms with van der Waals surface area (Å²) >= 11 is 0. The molecular formula is C21H26N6O4. The second kappa shape index (κ2) is 7.38. The van der Waals surface area contributed by atoms with Crippen LogP contribution >= 0.6 is 0 Å². The highest BCUT2D eigenvalue weighted by molar-refractivity contribution is 5.97. The third-order valence-electron chi connectivity index (χ3n) is 6.37. The van der Waals surface area contributed by atoms with Crippen LogP contribution in [0.4, 0.5) is 11.7 Å². The summed E-state index contributed by atoms with van der Waals surface area (Å²) in [5.74, 6) is -0.174. The Labute approximate surface area is 179 Å². The molecule has 2 saturated heterocycles. The fourth-order valence-electron chi connectivity index (χ4n) is 4.60. The van der Waals surface area contributed by atoms with Crippen molar-refractivity contribution in [3.8, 4) is 0 Å². The van der Waals surface area contributed by atoms with Gasteiger partial charge in [0, 0.05) is 38.2 Å². The Balaban J connectivity index is 1.44. The molecule has 6 rings (SSSR count). The van der Waals surface area contributed by atoms with E-state index in [0.717, 1.165) is 63.2 Å². The Bertz CT molecular complexity index is 1040. The van der Waals surface area contributed by atoms with Crippen LogP contribution < -0.4 is 15.5 Å². The van der Waals surface area contributed by atoms with Crippen LogP contribution in [0, 0.1) is 0 Å². The van der Waals surface area contributed by atoms with Crippen molar-refractivity contribution in [1.82, 2.24) is 14.9 Å². The van der Waals surface area contributed by atoms with Crippen molar-refractivity contribution in [2.75, 3.05) is 49.2 Å². The number of hydrogen-bond donors (Lipinski definition) is 1. The maximum absolute atomic E-state index is 12.3. The third-order valence-corrected chi connectivity index (χ3v) is 6.37. The van der Waals surface area contributed by atoms with Crippen molar-refractivity contribution in [1.29, 1.82) is 0 Å². The molecule has 1 atom stereocenters. The van der Waals surface area contributed by atoms with Crippen LogP contribution in [-0.2, 0) is 14.3 Å². The van der Waals surface area contributed by atoms with Gasteiger partial charge in [-0.1, -0.05) is 0 Å². The number of nitrogens with two attached hydrogens (primary N) is 1. The summed E-state index contributed by atoms with van der Waals surface area (Å²) in [6, 6.07) is 2.51. The molecule has 4 aliphatic rings. The molecule has 164 valence electrons. The number of primary amides is 1. The largest absolute Gasteiger partial charge is 0.462 e. The third kappa shape index (κ3) is 3.30. The number of morpholine rings is 1. The Hall–Kier alpha value is -2.85. The number of nitrogens with zero attached hydrogens (tertiary/aromatic N) is 5. The number of anilines is 2. The van der Waals surface area contributed by atoms with Crippen molar-refractivity contribution in [2.45, 2.75) is 38.0 Å². The second-order valence-electron chi connectivity index (χ2n) is 8.53. The minimum atomic E-state index is -0.518. The maximum Gasteiger partial charge on any atom is 0.300 e. The predicted molar refractivity (Wildman–Crippen MR) is 112 cm³/mol. The predicted octanol–water partition coefficient (Wildman–Crippen LogP) is 1.48. The lowest BCUT2D eigenvalue weighted by atomic mass is 10.1. The van der Waals surface area contributed by atoms with Gasteiger partial charge >= 0.3 is 0 Å². The molecule has 1 aliphatic carbocycles. The number of oxazole rings is 1. The van der Waals surface area contributed by atoms with E-state index in [1.54, 1.807) is 0 Å². The van der Waals surface area contributed by atoms with E-state index in [4.69, 9.17) is 24.6 Å². The summed E-state index contributed by atoms with van der Waals surface area (Å²) in [4.78, 5) is 28.0. The van der Waals surface area contributed by atoms with E-state index in [1.165, 1.54) is 6.26 Å². The number of amides is 1. The van der Waals surface area contributed by atoms with Crippen molar-refractivity contribution in [3.05, 3.63) is 23.7 Å². The molecule has 0 aromatic carbocycles. The van der Waals surface area contributed by atoms with Crippen LogP contribution in [0.15, 0.2) is 22.4 Å². The molecule has 0 bridgehead atoms. The Morgan fingerprint density at radius 2 is 1.87 bits per heavy atom. The number of rotatable bonds is 5. The van der Waals surface area contributed by atoms with E-state index in [2.05, 4.69) is 14.8 Å². The summed E-state index contributed by atoms with van der Waals surface area (Å²) in [6.45, 7) is 4.61. The topological polar surface area (TPSA) is 110 Å². The van der Waals surface area contributed by atoms with E-state index in [-0.39, 0.29) is 0 Å². The number of aromatic nitrogens is 2. The minimum Gasteiger partial charge on any atom is -0.462 e. The van der Waals surface area contributed by atoms with Gasteiger partial charge in [0.05, 0.1) is 24.6 Å². The van der Waals surface area contributed by atoms with Crippen molar-refractivity contribution < 1.29 is 18.7 Å². The van der Waals surface area contributed by atoms with Crippen LogP contribution in [0.5, 0.6) is 0 Å². The van der Waals surface area contributed by atoms with Gasteiger partial charge in [0.1, 0.15) is 12.0 Å². The molecule has 2 N–H and O–H groups in total. The first-order chi connectivity index (χ1) is 15.2. The molecule has 0 unspecified atom stereocenters. The first kappa shape index (κ1) is 18.9. The molecule has 10 heteroatoms. The molecule has 2 aromatic rings. The summed E-state index contributed by atoms with van der Waals surface area (Å²) in [5, 5.41) is 0. The van der Waals surface area contributed by atoms with Gasteiger partial charge < -0.3 is 24.5 Å². The molecule has 1 saturated carbocycles. The monoisotopic (exact) mass is 426 g/mol. The van der Waals surface area contributed by atoms with Crippen molar-refractivity contribution >= 4 is 28.8 Å². The van der Waals surface area contributed by atoms with Gasteiger partial charge in [-0.3, -0.25) is 14.6 Å². The summed E-state index contributed by atoms with van der Waals surface area (Å²) in [6.07, 6.45) is 5.43. The molecule has 31 heavy (non-hydrogen) atoms. The number of carbonyl (C=O) groups excluding carboxylic acids is 1. The number of likely N-dealkylation sites (tertiary alicyclic amines) is 1. The number of carbonyl (C=O) groups is 1. The molecular weight excluding hydrogens is 400 g/mol. The van der Waals surface area contributed by atoms with Crippen LogP contribution in [0.2, 0.25) is 0 Å². The van der Waals surface area contributed by atoms with Gasteiger partial charge in [0.15, 0.2) is 5.58 Å². The lowest BCUT2D eigenvalue weighted by molar-refractivity contribution is -0.114. The highest BCUT2D eigenvalue weighted by Crippen LogP contribution is 2.46. The highest BCUT2D eigenvalue weighted by atomic mass is 16.5. The van der Waals surface area contributed by atoms with Gasteiger partial charge in [0.25, 0.3) is 11.9 Å². The fourth-order valence-corrected chi connectivity index (χ4v) is 4.60. The molecule has 5 heterocycles. The fraction of sp³-hybridized carbons (Fsp3) is 0.571. The van der Waals surface area contributed by atoms with Crippen molar-refractivity contribution in [3.63, 3.8) is 0 Å². The lowest BCUT2D eigenvalue weighted by Crippen LogP contribution is -2.47. The van der Waals surface area contributed by atoms with Gasteiger partial charge in [-0.2, -0.15) is 4.98 Å². The van der Waals surface area contributed by atoms with E-state index in [1.807, 2.05) is 11.0 Å².